The third-order valence-corrected chi connectivity index (χ3v) is 4.24. The quantitative estimate of drug-likeness (QED) is 0.559. The molecule has 0 saturated carbocycles. The van der Waals surface area contributed by atoms with Crippen LogP contribution in [0.3, 0.4) is 0 Å². The number of hydrogen-bond acceptors (Lipinski definition) is 6. The Morgan fingerprint density at radius 1 is 1.10 bits per heavy atom. The van der Waals surface area contributed by atoms with Gasteiger partial charge in [0.2, 0.25) is 5.91 Å². The molecule has 0 bridgehead atoms. The van der Waals surface area contributed by atoms with Crippen molar-refractivity contribution in [3.63, 3.8) is 0 Å². The van der Waals surface area contributed by atoms with Gasteiger partial charge in [-0.1, -0.05) is 0 Å². The number of amides is 5. The van der Waals surface area contributed by atoms with Gasteiger partial charge < -0.3 is 20.3 Å². The Morgan fingerprint density at radius 3 is 2.33 bits per heavy atom. The number of benzene rings is 1. The smallest absolute Gasteiger partial charge is 0.326 e. The number of hydrogen-bond donors (Lipinski definition) is 3. The van der Waals surface area contributed by atoms with Crippen LogP contribution in [0.25, 0.3) is 0 Å². The van der Waals surface area contributed by atoms with Crippen molar-refractivity contribution in [2.75, 3.05) is 18.0 Å². The first-order valence-corrected chi connectivity index (χ1v) is 9.67. The third kappa shape index (κ3) is 6.57. The molecule has 1 aromatic carbocycles. The van der Waals surface area contributed by atoms with E-state index in [1.54, 1.807) is 43.0 Å². The van der Waals surface area contributed by atoms with E-state index in [0.29, 0.717) is 18.5 Å². The number of carbonyl (C=O) groups excluding carboxylic acids is 5. The van der Waals surface area contributed by atoms with Crippen molar-refractivity contribution in [2.45, 2.75) is 45.8 Å². The lowest BCUT2D eigenvalue weighted by Gasteiger charge is -2.16. The summed E-state index contributed by atoms with van der Waals surface area (Å²) in [5.41, 5.74) is 1.03. The van der Waals surface area contributed by atoms with Crippen LogP contribution in [-0.2, 0) is 19.1 Å². The average Bonchev–Trinajstić information content (AvgIpc) is 3.11. The third-order valence-electron chi connectivity index (χ3n) is 4.24. The monoisotopic (exact) mass is 418 g/mol. The molecule has 1 fully saturated rings. The maximum atomic E-state index is 12.2. The molecule has 1 heterocycles. The van der Waals surface area contributed by atoms with E-state index in [1.165, 1.54) is 6.92 Å². The second-order valence-corrected chi connectivity index (χ2v) is 7.13. The Hall–Kier alpha value is -3.43. The lowest BCUT2D eigenvalue weighted by atomic mass is 10.2. The van der Waals surface area contributed by atoms with Crippen LogP contribution >= 0.6 is 0 Å². The van der Waals surface area contributed by atoms with E-state index in [4.69, 9.17) is 4.74 Å². The summed E-state index contributed by atoms with van der Waals surface area (Å²) in [5.74, 6) is -2.05. The highest BCUT2D eigenvalue weighted by Gasteiger charge is 2.22. The summed E-state index contributed by atoms with van der Waals surface area (Å²) in [6.45, 7) is 4.99. The van der Waals surface area contributed by atoms with Gasteiger partial charge in [0.15, 0.2) is 6.10 Å². The maximum Gasteiger partial charge on any atom is 0.326 e. The minimum atomic E-state index is -1.20. The van der Waals surface area contributed by atoms with E-state index in [0.717, 1.165) is 12.1 Å². The molecule has 0 radical (unpaired) electrons. The molecule has 162 valence electrons. The Kier molecular flexibility index (Phi) is 7.90. The van der Waals surface area contributed by atoms with E-state index in [2.05, 4.69) is 16.0 Å². The normalized spacial score (nSPS) is 14.3. The highest BCUT2D eigenvalue weighted by atomic mass is 16.5. The summed E-state index contributed by atoms with van der Waals surface area (Å²) < 4.78 is 4.91. The summed E-state index contributed by atoms with van der Waals surface area (Å²) in [5, 5.41) is 6.93. The van der Waals surface area contributed by atoms with Crippen LogP contribution in [0.1, 0.15) is 44.0 Å². The molecule has 30 heavy (non-hydrogen) atoms. The number of carbonyl (C=O) groups is 5. The Balaban J connectivity index is 1.78. The molecule has 0 spiro atoms. The van der Waals surface area contributed by atoms with Crippen molar-refractivity contribution < 1.29 is 28.7 Å². The van der Waals surface area contributed by atoms with Gasteiger partial charge in [-0.2, -0.15) is 0 Å². The highest BCUT2D eigenvalue weighted by molar-refractivity contribution is 5.99. The molecule has 1 aliphatic heterocycles. The summed E-state index contributed by atoms with van der Waals surface area (Å²) in [4.78, 5) is 60.8. The summed E-state index contributed by atoms with van der Waals surface area (Å²) >= 11 is 0. The van der Waals surface area contributed by atoms with Crippen molar-refractivity contribution in [1.29, 1.82) is 0 Å². The fourth-order valence-electron chi connectivity index (χ4n) is 2.77. The predicted molar refractivity (Wildman–Crippen MR) is 108 cm³/mol. The largest absolute Gasteiger partial charge is 0.451 e. The van der Waals surface area contributed by atoms with Gasteiger partial charge in [0.25, 0.3) is 11.8 Å². The number of nitrogens with one attached hydrogen (secondary N) is 3. The predicted octanol–water partition coefficient (Wildman–Crippen LogP) is 0.709. The minimum absolute atomic E-state index is 0.0507. The molecule has 2 rings (SSSR count). The molecule has 1 aromatic rings. The second-order valence-electron chi connectivity index (χ2n) is 7.13. The number of anilines is 1. The molecule has 10 heteroatoms. The second kappa shape index (κ2) is 10.4. The standard InChI is InChI=1S/C20H26N4O6/c1-12(2)22-20(29)23-18(27)13(3)30-17(26)11-21-19(28)14-6-8-15(9-7-14)24-10-4-5-16(24)25/h6-9,12-13H,4-5,10-11H2,1-3H3,(H,21,28)(H2,22,23,27,29)/t13-/m0/s1. The molecule has 0 aromatic heterocycles. The maximum absolute atomic E-state index is 12.2. The summed E-state index contributed by atoms with van der Waals surface area (Å²) in [6, 6.07) is 5.62. The van der Waals surface area contributed by atoms with Gasteiger partial charge in [-0.15, -0.1) is 0 Å². The zero-order valence-electron chi connectivity index (χ0n) is 17.2. The highest BCUT2D eigenvalue weighted by Crippen LogP contribution is 2.21. The van der Waals surface area contributed by atoms with Crippen molar-refractivity contribution >= 4 is 35.4 Å². The van der Waals surface area contributed by atoms with Gasteiger partial charge in [0.1, 0.15) is 6.54 Å². The first kappa shape index (κ1) is 22.9. The van der Waals surface area contributed by atoms with E-state index in [1.807, 2.05) is 0 Å². The van der Waals surface area contributed by atoms with Crippen LogP contribution in [0, 0.1) is 0 Å². The van der Waals surface area contributed by atoms with Gasteiger partial charge in [0.05, 0.1) is 0 Å². The number of ether oxygens (including phenoxy) is 1. The summed E-state index contributed by atoms with van der Waals surface area (Å²) in [7, 11) is 0. The van der Waals surface area contributed by atoms with Crippen molar-refractivity contribution in [1.82, 2.24) is 16.0 Å². The van der Waals surface area contributed by atoms with E-state index in [9.17, 15) is 24.0 Å². The van der Waals surface area contributed by atoms with Gasteiger partial charge in [-0.05, 0) is 51.5 Å². The van der Waals surface area contributed by atoms with Crippen LogP contribution in [-0.4, -0.2) is 55.0 Å². The van der Waals surface area contributed by atoms with Gasteiger partial charge in [0, 0.05) is 30.3 Å². The molecule has 1 atom stereocenters. The van der Waals surface area contributed by atoms with E-state index in [-0.39, 0.29) is 11.9 Å². The lowest BCUT2D eigenvalue weighted by Crippen LogP contribution is -2.47. The molecule has 0 aliphatic carbocycles. The molecule has 1 saturated heterocycles. The first-order valence-electron chi connectivity index (χ1n) is 9.67. The molecule has 10 nitrogen and oxygen atoms in total. The Morgan fingerprint density at radius 2 is 1.77 bits per heavy atom. The van der Waals surface area contributed by atoms with Gasteiger partial charge in [-0.25, -0.2) is 4.79 Å². The van der Waals surface area contributed by atoms with E-state index < -0.39 is 36.5 Å². The molecule has 5 amide bonds. The number of urea groups is 1. The first-order chi connectivity index (χ1) is 14.2. The summed E-state index contributed by atoms with van der Waals surface area (Å²) in [6.07, 6.45) is 0.121. The minimum Gasteiger partial charge on any atom is -0.451 e. The number of nitrogens with zero attached hydrogens (tertiary/aromatic N) is 1. The van der Waals surface area contributed by atoms with Crippen molar-refractivity contribution in [2.24, 2.45) is 0 Å². The van der Waals surface area contributed by atoms with Crippen LogP contribution in [0.15, 0.2) is 24.3 Å². The SMILES string of the molecule is CC(C)NC(=O)NC(=O)[C@H](C)OC(=O)CNC(=O)c1ccc(N2CCCC2=O)cc1. The van der Waals surface area contributed by atoms with Gasteiger partial charge in [-0.3, -0.25) is 24.5 Å². The Bertz CT molecular complexity index is 821. The number of imide groups is 1. The van der Waals surface area contributed by atoms with Crippen LogP contribution in [0.5, 0.6) is 0 Å². The van der Waals surface area contributed by atoms with E-state index >= 15 is 0 Å². The average molecular weight is 418 g/mol. The zero-order chi connectivity index (χ0) is 22.3. The lowest BCUT2D eigenvalue weighted by molar-refractivity contribution is -0.153. The number of rotatable bonds is 7. The van der Waals surface area contributed by atoms with Crippen molar-refractivity contribution in [3.8, 4) is 0 Å². The molecule has 3 N–H and O–H groups in total. The zero-order valence-corrected chi connectivity index (χ0v) is 17.2. The fourth-order valence-corrected chi connectivity index (χ4v) is 2.77. The van der Waals surface area contributed by atoms with Gasteiger partial charge >= 0.3 is 12.0 Å². The molecule has 0 unspecified atom stereocenters. The molecular formula is C20H26N4O6. The van der Waals surface area contributed by atoms with Crippen molar-refractivity contribution in [3.05, 3.63) is 29.8 Å². The van der Waals surface area contributed by atoms with Crippen LogP contribution in [0.4, 0.5) is 10.5 Å². The number of esters is 1. The molecular weight excluding hydrogens is 392 g/mol. The Labute approximate surface area is 174 Å². The fraction of sp³-hybridized carbons (Fsp3) is 0.450. The van der Waals surface area contributed by atoms with Crippen LogP contribution in [0.2, 0.25) is 0 Å². The topological polar surface area (TPSA) is 134 Å². The van der Waals surface area contributed by atoms with Crippen LogP contribution < -0.4 is 20.9 Å². The molecule has 1 aliphatic rings.